The molecule has 0 heterocycles. The van der Waals surface area contributed by atoms with E-state index in [2.05, 4.69) is 26.1 Å². The zero-order valence-corrected chi connectivity index (χ0v) is 8.24. The van der Waals surface area contributed by atoms with Crippen molar-refractivity contribution in [2.45, 2.75) is 33.6 Å². The molecule has 0 aliphatic heterocycles. The summed E-state index contributed by atoms with van der Waals surface area (Å²) >= 11 is 0. The first kappa shape index (κ1) is 10.9. The highest BCUT2D eigenvalue weighted by atomic mass is 16.5. The van der Waals surface area contributed by atoms with E-state index >= 15 is 0 Å². The second-order valence-electron chi connectivity index (χ2n) is 3.67. The van der Waals surface area contributed by atoms with Crippen LogP contribution in [0.5, 0.6) is 0 Å². The van der Waals surface area contributed by atoms with Crippen LogP contribution in [0.2, 0.25) is 0 Å². The average molecular weight is 159 g/mol. The molecule has 68 valence electrons. The Bertz CT molecular complexity index is 91.6. The molecule has 0 aliphatic rings. The molecule has 0 rings (SSSR count). The van der Waals surface area contributed by atoms with Gasteiger partial charge in [-0.15, -0.1) is 0 Å². The number of hydrogen-bond acceptors (Lipinski definition) is 2. The standard InChI is InChI=1S/C9H21NO/c1-5-9(2,3)6-7-11-8-10-4/h10H,5-8H2,1-4H3. The van der Waals surface area contributed by atoms with Gasteiger partial charge < -0.3 is 4.74 Å². The molecule has 0 saturated carbocycles. The van der Waals surface area contributed by atoms with Crippen molar-refractivity contribution in [3.8, 4) is 0 Å². The smallest absolute Gasteiger partial charge is 0.0962 e. The Morgan fingerprint density at radius 2 is 2.00 bits per heavy atom. The van der Waals surface area contributed by atoms with E-state index in [0.717, 1.165) is 13.0 Å². The quantitative estimate of drug-likeness (QED) is 0.473. The summed E-state index contributed by atoms with van der Waals surface area (Å²) in [6, 6.07) is 0. The molecule has 0 saturated heterocycles. The minimum Gasteiger partial charge on any atom is -0.366 e. The molecule has 0 unspecified atom stereocenters. The SMILES string of the molecule is CCC(C)(C)CCOCNC. The van der Waals surface area contributed by atoms with E-state index in [9.17, 15) is 0 Å². The van der Waals surface area contributed by atoms with E-state index in [1.165, 1.54) is 6.42 Å². The molecule has 0 aromatic carbocycles. The fourth-order valence-electron chi connectivity index (χ4n) is 0.699. The van der Waals surface area contributed by atoms with Gasteiger partial charge in [-0.3, -0.25) is 5.32 Å². The largest absolute Gasteiger partial charge is 0.366 e. The summed E-state index contributed by atoms with van der Waals surface area (Å²) in [6.07, 6.45) is 2.36. The van der Waals surface area contributed by atoms with Crippen LogP contribution in [-0.4, -0.2) is 20.4 Å². The molecule has 2 nitrogen and oxygen atoms in total. The summed E-state index contributed by atoms with van der Waals surface area (Å²) in [5.74, 6) is 0. The van der Waals surface area contributed by atoms with E-state index in [4.69, 9.17) is 4.74 Å². The summed E-state index contributed by atoms with van der Waals surface area (Å²) < 4.78 is 5.31. The Kier molecular flexibility index (Phi) is 5.51. The lowest BCUT2D eigenvalue weighted by molar-refractivity contribution is 0.0930. The van der Waals surface area contributed by atoms with Crippen molar-refractivity contribution in [1.29, 1.82) is 0 Å². The van der Waals surface area contributed by atoms with Crippen LogP contribution in [0.15, 0.2) is 0 Å². The third-order valence-electron chi connectivity index (χ3n) is 2.13. The highest BCUT2D eigenvalue weighted by Crippen LogP contribution is 2.23. The first-order valence-corrected chi connectivity index (χ1v) is 4.35. The van der Waals surface area contributed by atoms with Gasteiger partial charge in [-0.25, -0.2) is 0 Å². The molecule has 0 aliphatic carbocycles. The molecule has 11 heavy (non-hydrogen) atoms. The topological polar surface area (TPSA) is 21.3 Å². The summed E-state index contributed by atoms with van der Waals surface area (Å²) in [4.78, 5) is 0. The zero-order valence-electron chi connectivity index (χ0n) is 8.24. The molecule has 0 spiro atoms. The molecular weight excluding hydrogens is 138 g/mol. The second kappa shape index (κ2) is 5.56. The second-order valence-corrected chi connectivity index (χ2v) is 3.67. The number of rotatable bonds is 6. The fourth-order valence-corrected chi connectivity index (χ4v) is 0.699. The molecule has 0 atom stereocenters. The van der Waals surface area contributed by atoms with Crippen LogP contribution in [0.1, 0.15) is 33.6 Å². The fraction of sp³-hybridized carbons (Fsp3) is 1.00. The van der Waals surface area contributed by atoms with Gasteiger partial charge in [0.2, 0.25) is 0 Å². The van der Waals surface area contributed by atoms with E-state index in [0.29, 0.717) is 12.1 Å². The average Bonchev–Trinajstić information content (AvgIpc) is 1.99. The Morgan fingerprint density at radius 1 is 1.36 bits per heavy atom. The molecule has 0 aromatic rings. The van der Waals surface area contributed by atoms with Gasteiger partial charge in [0.25, 0.3) is 0 Å². The lowest BCUT2D eigenvalue weighted by Gasteiger charge is -2.21. The van der Waals surface area contributed by atoms with Crippen molar-refractivity contribution in [2.24, 2.45) is 5.41 Å². The summed E-state index contributed by atoms with van der Waals surface area (Å²) in [5.41, 5.74) is 0.438. The Hall–Kier alpha value is -0.0800. The van der Waals surface area contributed by atoms with Gasteiger partial charge in [0.15, 0.2) is 0 Å². The van der Waals surface area contributed by atoms with Crippen molar-refractivity contribution in [1.82, 2.24) is 5.32 Å². The molecule has 0 amide bonds. The molecule has 0 bridgehead atoms. The van der Waals surface area contributed by atoms with Crippen molar-refractivity contribution < 1.29 is 4.74 Å². The van der Waals surface area contributed by atoms with Gasteiger partial charge in [0.1, 0.15) is 0 Å². The van der Waals surface area contributed by atoms with Gasteiger partial charge >= 0.3 is 0 Å². The molecular formula is C9H21NO. The van der Waals surface area contributed by atoms with Crippen LogP contribution >= 0.6 is 0 Å². The van der Waals surface area contributed by atoms with Crippen molar-refractivity contribution in [2.75, 3.05) is 20.4 Å². The van der Waals surface area contributed by atoms with Gasteiger partial charge in [0, 0.05) is 6.61 Å². The zero-order chi connectivity index (χ0) is 8.74. The van der Waals surface area contributed by atoms with E-state index in [1.54, 1.807) is 0 Å². The first-order chi connectivity index (χ1) is 5.12. The van der Waals surface area contributed by atoms with Crippen molar-refractivity contribution in [3.63, 3.8) is 0 Å². The summed E-state index contributed by atoms with van der Waals surface area (Å²) in [7, 11) is 1.89. The van der Waals surface area contributed by atoms with Crippen LogP contribution in [0.25, 0.3) is 0 Å². The predicted octanol–water partition coefficient (Wildman–Crippen LogP) is 2.01. The monoisotopic (exact) mass is 159 g/mol. The molecule has 0 aromatic heterocycles. The van der Waals surface area contributed by atoms with Crippen molar-refractivity contribution in [3.05, 3.63) is 0 Å². The third kappa shape index (κ3) is 6.32. The Balaban J connectivity index is 3.23. The van der Waals surface area contributed by atoms with Crippen LogP contribution in [0.3, 0.4) is 0 Å². The highest BCUT2D eigenvalue weighted by molar-refractivity contribution is 4.64. The first-order valence-electron chi connectivity index (χ1n) is 4.35. The van der Waals surface area contributed by atoms with Crippen LogP contribution in [-0.2, 0) is 4.74 Å². The lowest BCUT2D eigenvalue weighted by atomic mass is 9.87. The summed E-state index contributed by atoms with van der Waals surface area (Å²) in [5, 5.41) is 2.95. The molecule has 0 radical (unpaired) electrons. The van der Waals surface area contributed by atoms with Crippen LogP contribution in [0, 0.1) is 5.41 Å². The van der Waals surface area contributed by atoms with Crippen molar-refractivity contribution >= 4 is 0 Å². The maximum atomic E-state index is 5.31. The summed E-state index contributed by atoms with van der Waals surface area (Å²) in [6.45, 7) is 8.30. The minimum absolute atomic E-state index is 0.438. The van der Waals surface area contributed by atoms with Gasteiger partial charge in [-0.05, 0) is 18.9 Å². The molecule has 2 heteroatoms. The number of nitrogens with one attached hydrogen (secondary N) is 1. The molecule has 1 N–H and O–H groups in total. The molecule has 0 fully saturated rings. The van der Waals surface area contributed by atoms with Gasteiger partial charge in [-0.1, -0.05) is 27.2 Å². The Labute approximate surface area is 70.3 Å². The van der Waals surface area contributed by atoms with E-state index in [-0.39, 0.29) is 0 Å². The lowest BCUT2D eigenvalue weighted by Crippen LogP contribution is -2.17. The number of hydrogen-bond donors (Lipinski definition) is 1. The highest BCUT2D eigenvalue weighted by Gasteiger charge is 2.13. The third-order valence-corrected chi connectivity index (χ3v) is 2.13. The van der Waals surface area contributed by atoms with Crippen LogP contribution in [0.4, 0.5) is 0 Å². The van der Waals surface area contributed by atoms with Gasteiger partial charge in [0.05, 0.1) is 6.73 Å². The van der Waals surface area contributed by atoms with E-state index < -0.39 is 0 Å². The maximum Gasteiger partial charge on any atom is 0.0962 e. The maximum absolute atomic E-state index is 5.31. The van der Waals surface area contributed by atoms with E-state index in [1.807, 2.05) is 7.05 Å². The van der Waals surface area contributed by atoms with Crippen LogP contribution < -0.4 is 5.32 Å². The minimum atomic E-state index is 0.438. The Morgan fingerprint density at radius 3 is 2.45 bits per heavy atom. The number of ether oxygens (including phenoxy) is 1. The predicted molar refractivity (Wildman–Crippen MR) is 48.6 cm³/mol. The van der Waals surface area contributed by atoms with Gasteiger partial charge in [-0.2, -0.15) is 0 Å². The normalized spacial score (nSPS) is 12.0.